The summed E-state index contributed by atoms with van der Waals surface area (Å²) in [4.78, 5) is 11.7. The van der Waals surface area contributed by atoms with Gasteiger partial charge < -0.3 is 4.90 Å². The summed E-state index contributed by atoms with van der Waals surface area (Å²) in [5.74, 6) is 0. The Balaban J connectivity index is 2.00. The molecule has 0 bridgehead atoms. The molecule has 0 spiro atoms. The first-order valence-corrected chi connectivity index (χ1v) is 8.10. The molecule has 0 saturated carbocycles. The summed E-state index contributed by atoms with van der Waals surface area (Å²) in [7, 11) is 0.431. The van der Waals surface area contributed by atoms with Gasteiger partial charge in [0.25, 0.3) is 0 Å². The number of piperazine rings is 1. The van der Waals surface area contributed by atoms with E-state index in [4.69, 9.17) is 11.6 Å². The van der Waals surface area contributed by atoms with E-state index >= 15 is 0 Å². The van der Waals surface area contributed by atoms with E-state index in [9.17, 15) is 8.42 Å². The fourth-order valence-electron chi connectivity index (χ4n) is 2.05. The summed E-state index contributed by atoms with van der Waals surface area (Å²) in [6.07, 6.45) is 2.41. The van der Waals surface area contributed by atoms with Gasteiger partial charge in [0.05, 0.1) is 12.4 Å². The second-order valence-electron chi connectivity index (χ2n) is 4.94. The summed E-state index contributed by atoms with van der Waals surface area (Å²) in [6.45, 7) is 3.10. The van der Waals surface area contributed by atoms with Crippen LogP contribution in [0.3, 0.4) is 0 Å². The molecule has 7 nitrogen and oxygen atoms in total. The fraction of sp³-hybridized carbons (Fsp3) is 0.636. The maximum atomic E-state index is 12.1. The Bertz CT molecular complexity index is 550. The Morgan fingerprint density at radius 3 is 2.65 bits per heavy atom. The number of hydrogen-bond acceptors (Lipinski definition) is 6. The first-order valence-electron chi connectivity index (χ1n) is 6.24. The van der Waals surface area contributed by atoms with Crippen LogP contribution < -0.4 is 4.72 Å². The zero-order chi connectivity index (χ0) is 14.8. The van der Waals surface area contributed by atoms with Crippen molar-refractivity contribution >= 4 is 21.6 Å². The zero-order valence-corrected chi connectivity index (χ0v) is 13.0. The average Bonchev–Trinajstić information content (AvgIpc) is 2.40. The smallest absolute Gasteiger partial charge is 0.243 e. The minimum Gasteiger partial charge on any atom is -0.303 e. The molecule has 1 aliphatic heterocycles. The van der Waals surface area contributed by atoms with E-state index in [1.54, 1.807) is 0 Å². The molecule has 1 fully saturated rings. The van der Waals surface area contributed by atoms with E-state index in [0.717, 1.165) is 19.6 Å². The van der Waals surface area contributed by atoms with Gasteiger partial charge in [0.1, 0.15) is 4.90 Å². The highest BCUT2D eigenvalue weighted by Gasteiger charge is 2.24. The fourth-order valence-corrected chi connectivity index (χ4v) is 3.11. The lowest BCUT2D eigenvalue weighted by Crippen LogP contribution is -2.54. The van der Waals surface area contributed by atoms with Crippen molar-refractivity contribution in [2.45, 2.75) is 10.9 Å². The molecule has 1 atom stereocenters. The largest absolute Gasteiger partial charge is 0.303 e. The van der Waals surface area contributed by atoms with Crippen LogP contribution in [0.1, 0.15) is 0 Å². The first-order chi connectivity index (χ1) is 9.38. The van der Waals surface area contributed by atoms with Crippen LogP contribution in [0.5, 0.6) is 0 Å². The predicted molar refractivity (Wildman–Crippen MR) is 76.1 cm³/mol. The highest BCUT2D eigenvalue weighted by molar-refractivity contribution is 7.89. The number of nitrogens with one attached hydrogen (secondary N) is 1. The molecule has 1 aromatic rings. The van der Waals surface area contributed by atoms with Crippen molar-refractivity contribution in [1.29, 1.82) is 0 Å². The number of likely N-dealkylation sites (N-methyl/N-ethyl adjacent to an activating group) is 2. The topological polar surface area (TPSA) is 78.4 Å². The molecule has 1 unspecified atom stereocenters. The average molecular weight is 320 g/mol. The Kier molecular flexibility index (Phi) is 4.92. The Morgan fingerprint density at radius 2 is 2.00 bits per heavy atom. The number of nitrogens with zero attached hydrogens (tertiary/aromatic N) is 4. The highest BCUT2D eigenvalue weighted by Crippen LogP contribution is 2.09. The Hall–Kier alpha value is -0.800. The van der Waals surface area contributed by atoms with Crippen LogP contribution in [0.25, 0.3) is 0 Å². The predicted octanol–water partition coefficient (Wildman–Crippen LogP) is -0.346. The van der Waals surface area contributed by atoms with Crippen LogP contribution in [-0.4, -0.2) is 74.5 Å². The SMILES string of the molecule is CN1CCN(C)C(CNS(=O)(=O)c2cnc(Cl)nc2)C1. The van der Waals surface area contributed by atoms with Crippen LogP contribution in [-0.2, 0) is 10.0 Å². The van der Waals surface area contributed by atoms with Gasteiger partial charge in [-0.05, 0) is 25.7 Å². The Morgan fingerprint density at radius 1 is 1.35 bits per heavy atom. The molecule has 0 amide bonds. The van der Waals surface area contributed by atoms with Gasteiger partial charge in [0.15, 0.2) is 0 Å². The molecular formula is C11H18ClN5O2S. The molecule has 2 rings (SSSR count). The van der Waals surface area contributed by atoms with Gasteiger partial charge in [-0.15, -0.1) is 0 Å². The molecule has 2 heterocycles. The summed E-state index contributed by atoms with van der Waals surface area (Å²) >= 11 is 5.55. The second kappa shape index (κ2) is 6.31. The summed E-state index contributed by atoms with van der Waals surface area (Å²) < 4.78 is 26.8. The van der Waals surface area contributed by atoms with Gasteiger partial charge in [-0.1, -0.05) is 0 Å². The van der Waals surface area contributed by atoms with Crippen LogP contribution in [0.4, 0.5) is 0 Å². The summed E-state index contributed by atoms with van der Waals surface area (Å²) in [5.41, 5.74) is 0. The molecule has 0 aliphatic carbocycles. The van der Waals surface area contributed by atoms with E-state index < -0.39 is 10.0 Å². The van der Waals surface area contributed by atoms with E-state index in [0.29, 0.717) is 6.54 Å². The maximum absolute atomic E-state index is 12.1. The Labute approximate surface area is 124 Å². The second-order valence-corrected chi connectivity index (χ2v) is 7.04. The van der Waals surface area contributed by atoms with Crippen molar-refractivity contribution in [3.63, 3.8) is 0 Å². The summed E-state index contributed by atoms with van der Waals surface area (Å²) in [6, 6.07) is 0.150. The lowest BCUT2D eigenvalue weighted by Gasteiger charge is -2.37. The number of rotatable bonds is 4. The van der Waals surface area contributed by atoms with E-state index in [1.165, 1.54) is 12.4 Å². The minimum absolute atomic E-state index is 0.0220. The van der Waals surface area contributed by atoms with Crippen molar-refractivity contribution in [3.8, 4) is 0 Å². The number of halogens is 1. The highest BCUT2D eigenvalue weighted by atomic mass is 35.5. The molecule has 1 saturated heterocycles. The standard InChI is InChI=1S/C11H18ClN5O2S/c1-16-3-4-17(2)9(8-16)5-15-20(18,19)10-6-13-11(12)14-7-10/h6-7,9,15H,3-5,8H2,1-2H3. The van der Waals surface area contributed by atoms with E-state index in [-0.39, 0.29) is 16.2 Å². The third-order valence-corrected chi connectivity index (χ3v) is 4.97. The molecular weight excluding hydrogens is 302 g/mol. The van der Waals surface area contributed by atoms with Crippen molar-refractivity contribution in [2.24, 2.45) is 0 Å². The van der Waals surface area contributed by atoms with Crippen LogP contribution >= 0.6 is 11.6 Å². The van der Waals surface area contributed by atoms with Gasteiger partial charge in [-0.3, -0.25) is 4.90 Å². The third-order valence-electron chi connectivity index (χ3n) is 3.40. The summed E-state index contributed by atoms with van der Waals surface area (Å²) in [5, 5.41) is 0.0255. The van der Waals surface area contributed by atoms with Crippen molar-refractivity contribution in [1.82, 2.24) is 24.5 Å². The first kappa shape index (κ1) is 15.6. The molecule has 112 valence electrons. The maximum Gasteiger partial charge on any atom is 0.243 e. The lowest BCUT2D eigenvalue weighted by molar-refractivity contribution is 0.117. The van der Waals surface area contributed by atoms with Gasteiger partial charge >= 0.3 is 0 Å². The zero-order valence-electron chi connectivity index (χ0n) is 11.5. The molecule has 0 radical (unpaired) electrons. The molecule has 1 aliphatic rings. The van der Waals surface area contributed by atoms with Crippen molar-refractivity contribution in [2.75, 3.05) is 40.3 Å². The van der Waals surface area contributed by atoms with Gasteiger partial charge in [0.2, 0.25) is 15.3 Å². The van der Waals surface area contributed by atoms with E-state index in [1.807, 2.05) is 14.1 Å². The third kappa shape index (κ3) is 3.86. The molecule has 0 aromatic carbocycles. The van der Waals surface area contributed by atoms with Crippen LogP contribution in [0.15, 0.2) is 17.3 Å². The van der Waals surface area contributed by atoms with Crippen molar-refractivity contribution in [3.05, 3.63) is 17.7 Å². The van der Waals surface area contributed by atoms with Crippen LogP contribution in [0, 0.1) is 0 Å². The number of hydrogen-bond donors (Lipinski definition) is 1. The minimum atomic E-state index is -3.60. The van der Waals surface area contributed by atoms with Gasteiger partial charge in [-0.2, -0.15) is 0 Å². The quantitative estimate of drug-likeness (QED) is 0.765. The molecule has 1 N–H and O–H groups in total. The normalized spacial score (nSPS) is 22.1. The monoisotopic (exact) mass is 319 g/mol. The van der Waals surface area contributed by atoms with Crippen molar-refractivity contribution < 1.29 is 8.42 Å². The van der Waals surface area contributed by atoms with Gasteiger partial charge in [0, 0.05) is 32.2 Å². The van der Waals surface area contributed by atoms with Crippen LogP contribution in [0.2, 0.25) is 5.28 Å². The van der Waals surface area contributed by atoms with E-state index in [2.05, 4.69) is 24.5 Å². The lowest BCUT2D eigenvalue weighted by atomic mass is 10.2. The molecule has 1 aromatic heterocycles. The number of aromatic nitrogens is 2. The number of sulfonamides is 1. The molecule has 20 heavy (non-hydrogen) atoms. The molecule has 9 heteroatoms. The van der Waals surface area contributed by atoms with Gasteiger partial charge in [-0.25, -0.2) is 23.1 Å².